The van der Waals surface area contributed by atoms with Gasteiger partial charge >= 0.3 is 5.97 Å². The topological polar surface area (TPSA) is 64.6 Å². The number of esters is 1. The molecule has 116 valence electrons. The van der Waals surface area contributed by atoms with E-state index in [9.17, 15) is 9.59 Å². The summed E-state index contributed by atoms with van der Waals surface area (Å²) in [5.41, 5.74) is -1.07. The van der Waals surface area contributed by atoms with E-state index in [0.717, 1.165) is 0 Å². The van der Waals surface area contributed by atoms with E-state index in [1.807, 2.05) is 0 Å². The lowest BCUT2D eigenvalue weighted by molar-refractivity contribution is -0.141. The number of halogens is 1. The molecule has 0 fully saturated rings. The van der Waals surface area contributed by atoms with Gasteiger partial charge in [0.2, 0.25) is 0 Å². The minimum atomic E-state index is -1.07. The van der Waals surface area contributed by atoms with Gasteiger partial charge in [-0.2, -0.15) is 0 Å². The summed E-state index contributed by atoms with van der Waals surface area (Å²) in [4.78, 5) is 23.4. The third kappa shape index (κ3) is 5.63. The van der Waals surface area contributed by atoms with Crippen LogP contribution < -0.4 is 10.1 Å². The maximum Gasteiger partial charge on any atom is 0.307 e. The normalized spacial score (nSPS) is 12.4. The molecule has 0 saturated heterocycles. The Morgan fingerprint density at radius 2 is 1.86 bits per heavy atom. The molecule has 1 aromatic carbocycles. The van der Waals surface area contributed by atoms with Crippen LogP contribution in [0.3, 0.4) is 0 Å². The van der Waals surface area contributed by atoms with Crippen LogP contribution in [0.1, 0.15) is 27.2 Å². The highest BCUT2D eigenvalue weighted by Gasteiger charge is 2.31. The Morgan fingerprint density at radius 3 is 2.38 bits per heavy atom. The number of carbonyl (C=O) groups excluding carboxylic acids is 2. The van der Waals surface area contributed by atoms with Crippen LogP contribution in [0.25, 0.3) is 0 Å². The summed E-state index contributed by atoms with van der Waals surface area (Å²) in [7, 11) is 1.31. The van der Waals surface area contributed by atoms with E-state index >= 15 is 0 Å². The minimum absolute atomic E-state index is 0.110. The van der Waals surface area contributed by atoms with Gasteiger partial charge in [0, 0.05) is 11.1 Å². The Labute approximate surface area is 129 Å². The first-order valence-corrected chi connectivity index (χ1v) is 6.95. The van der Waals surface area contributed by atoms with Crippen LogP contribution >= 0.6 is 11.6 Å². The summed E-state index contributed by atoms with van der Waals surface area (Å²) >= 11 is 5.80. The van der Waals surface area contributed by atoms with E-state index in [0.29, 0.717) is 10.8 Å². The molecule has 1 unspecified atom stereocenters. The summed E-state index contributed by atoms with van der Waals surface area (Å²) in [5, 5.41) is 3.32. The number of methoxy groups -OCH3 is 1. The number of rotatable bonds is 6. The highest BCUT2D eigenvalue weighted by molar-refractivity contribution is 6.30. The van der Waals surface area contributed by atoms with Crippen molar-refractivity contribution in [2.24, 2.45) is 0 Å². The molecule has 1 rings (SSSR count). The van der Waals surface area contributed by atoms with E-state index in [-0.39, 0.29) is 24.3 Å². The molecular weight excluding hydrogens is 294 g/mol. The molecule has 0 saturated carbocycles. The fourth-order valence-electron chi connectivity index (χ4n) is 1.63. The monoisotopic (exact) mass is 313 g/mol. The Hall–Kier alpha value is -1.75. The van der Waals surface area contributed by atoms with Gasteiger partial charge in [0.05, 0.1) is 13.5 Å². The van der Waals surface area contributed by atoms with Crippen LogP contribution in [-0.2, 0) is 14.3 Å². The molecule has 0 heterocycles. The van der Waals surface area contributed by atoms with Crippen molar-refractivity contribution in [1.29, 1.82) is 0 Å². The average Bonchev–Trinajstić information content (AvgIpc) is 2.40. The summed E-state index contributed by atoms with van der Waals surface area (Å²) in [6.45, 7) is 5.04. The van der Waals surface area contributed by atoms with Gasteiger partial charge < -0.3 is 14.8 Å². The fraction of sp³-hybridized carbons (Fsp3) is 0.467. The summed E-state index contributed by atoms with van der Waals surface area (Å²) in [6.07, 6.45) is 0.110. The molecule has 0 bridgehead atoms. The van der Waals surface area contributed by atoms with E-state index < -0.39 is 5.60 Å². The van der Waals surface area contributed by atoms with Crippen molar-refractivity contribution in [2.45, 2.75) is 38.8 Å². The molecule has 0 aliphatic rings. The minimum Gasteiger partial charge on any atom is -0.478 e. The number of carbonyl (C=O) groups is 2. The summed E-state index contributed by atoms with van der Waals surface area (Å²) < 4.78 is 10.2. The first kappa shape index (κ1) is 17.3. The Morgan fingerprint density at radius 1 is 1.29 bits per heavy atom. The molecule has 0 radical (unpaired) electrons. The largest absolute Gasteiger partial charge is 0.478 e. The average molecular weight is 314 g/mol. The predicted molar refractivity (Wildman–Crippen MR) is 80.4 cm³/mol. The van der Waals surface area contributed by atoms with Gasteiger partial charge in [0.1, 0.15) is 5.75 Å². The summed E-state index contributed by atoms with van der Waals surface area (Å²) in [5.74, 6) is -0.145. The van der Waals surface area contributed by atoms with Crippen LogP contribution in [0.5, 0.6) is 5.75 Å². The predicted octanol–water partition coefficient (Wildman–Crippen LogP) is 2.57. The number of amides is 1. The van der Waals surface area contributed by atoms with E-state index in [1.54, 1.807) is 45.0 Å². The number of benzene rings is 1. The van der Waals surface area contributed by atoms with Gasteiger partial charge in [-0.15, -0.1) is 0 Å². The highest BCUT2D eigenvalue weighted by atomic mass is 35.5. The Bertz CT molecular complexity index is 499. The second-order valence-corrected chi connectivity index (χ2v) is 5.66. The molecule has 6 heteroatoms. The highest BCUT2D eigenvalue weighted by Crippen LogP contribution is 2.21. The van der Waals surface area contributed by atoms with Crippen molar-refractivity contribution >= 4 is 23.5 Å². The van der Waals surface area contributed by atoms with Crippen molar-refractivity contribution in [3.63, 3.8) is 0 Å². The molecule has 1 N–H and O–H groups in total. The lowest BCUT2D eigenvalue weighted by atomic mass is 10.1. The number of hydrogen-bond donors (Lipinski definition) is 1. The SMILES string of the molecule is COC(=O)CC(C)NC(=O)C(C)(C)Oc1ccc(Cl)cc1. The van der Waals surface area contributed by atoms with Crippen LogP contribution in [0.2, 0.25) is 5.02 Å². The first-order chi connectivity index (χ1) is 9.74. The van der Waals surface area contributed by atoms with Gasteiger partial charge in [0.15, 0.2) is 5.60 Å². The molecule has 0 aliphatic carbocycles. The maximum atomic E-state index is 12.2. The molecule has 1 atom stereocenters. The van der Waals surface area contributed by atoms with Gasteiger partial charge in [-0.05, 0) is 45.0 Å². The van der Waals surface area contributed by atoms with Crippen molar-refractivity contribution in [3.05, 3.63) is 29.3 Å². The molecule has 1 amide bonds. The lowest BCUT2D eigenvalue weighted by Crippen LogP contribution is -2.49. The first-order valence-electron chi connectivity index (χ1n) is 6.57. The second kappa shape index (κ2) is 7.31. The van der Waals surface area contributed by atoms with Crippen molar-refractivity contribution < 1.29 is 19.1 Å². The van der Waals surface area contributed by atoms with Gasteiger partial charge in [-0.3, -0.25) is 9.59 Å². The van der Waals surface area contributed by atoms with Gasteiger partial charge in [-0.1, -0.05) is 11.6 Å². The molecule has 21 heavy (non-hydrogen) atoms. The molecular formula is C15H20ClNO4. The Balaban J connectivity index is 2.62. The van der Waals surface area contributed by atoms with Crippen LogP contribution in [0.15, 0.2) is 24.3 Å². The van der Waals surface area contributed by atoms with E-state index in [2.05, 4.69) is 10.1 Å². The van der Waals surface area contributed by atoms with E-state index in [4.69, 9.17) is 16.3 Å². The zero-order valence-electron chi connectivity index (χ0n) is 12.6. The van der Waals surface area contributed by atoms with Crippen LogP contribution in [0.4, 0.5) is 0 Å². The standard InChI is InChI=1S/C15H20ClNO4/c1-10(9-13(18)20-4)17-14(19)15(2,3)21-12-7-5-11(16)6-8-12/h5-8,10H,9H2,1-4H3,(H,17,19). The fourth-order valence-corrected chi connectivity index (χ4v) is 1.75. The summed E-state index contributed by atoms with van der Waals surface area (Å²) in [6, 6.07) is 6.41. The zero-order valence-corrected chi connectivity index (χ0v) is 13.4. The third-order valence-electron chi connectivity index (χ3n) is 2.81. The lowest BCUT2D eigenvalue weighted by Gasteiger charge is -2.27. The van der Waals surface area contributed by atoms with Gasteiger partial charge in [-0.25, -0.2) is 0 Å². The maximum absolute atomic E-state index is 12.2. The number of ether oxygens (including phenoxy) is 2. The second-order valence-electron chi connectivity index (χ2n) is 5.22. The van der Waals surface area contributed by atoms with E-state index in [1.165, 1.54) is 7.11 Å². The van der Waals surface area contributed by atoms with Crippen molar-refractivity contribution in [3.8, 4) is 5.75 Å². The molecule has 5 nitrogen and oxygen atoms in total. The van der Waals surface area contributed by atoms with Crippen molar-refractivity contribution in [2.75, 3.05) is 7.11 Å². The quantitative estimate of drug-likeness (QED) is 0.820. The van der Waals surface area contributed by atoms with Crippen LogP contribution in [-0.4, -0.2) is 30.6 Å². The molecule has 1 aromatic rings. The smallest absolute Gasteiger partial charge is 0.307 e. The molecule has 0 aromatic heterocycles. The van der Waals surface area contributed by atoms with Gasteiger partial charge in [0.25, 0.3) is 5.91 Å². The molecule has 0 aliphatic heterocycles. The molecule has 0 spiro atoms. The van der Waals surface area contributed by atoms with Crippen LogP contribution in [0, 0.1) is 0 Å². The van der Waals surface area contributed by atoms with Crippen molar-refractivity contribution in [1.82, 2.24) is 5.32 Å². The number of hydrogen-bond acceptors (Lipinski definition) is 4. The third-order valence-corrected chi connectivity index (χ3v) is 3.06. The Kier molecular flexibility index (Phi) is 6.03. The number of nitrogens with one attached hydrogen (secondary N) is 1. The zero-order chi connectivity index (χ0) is 16.0.